The van der Waals surface area contributed by atoms with Crippen LogP contribution in [0.3, 0.4) is 0 Å². The van der Waals surface area contributed by atoms with Crippen LogP contribution in [0.2, 0.25) is 0 Å². The first-order valence-electron chi connectivity index (χ1n) is 12.8. The second-order valence-electron chi connectivity index (χ2n) is 10.8. The first-order valence-corrected chi connectivity index (χ1v) is 12.8. The number of nitrogens with zero attached hydrogens (tertiary/aromatic N) is 3. The Labute approximate surface area is 243 Å². The van der Waals surface area contributed by atoms with E-state index >= 15 is 0 Å². The fraction of sp³-hybridized carbons (Fsp3) is 0.206. The molecule has 4 aromatic heterocycles. The topological polar surface area (TPSA) is 51.8 Å². The number of hydrogen-bond donors (Lipinski definition) is 0. The van der Waals surface area contributed by atoms with Gasteiger partial charge < -0.3 is 14.4 Å². The maximum Gasteiger partial charge on any atom is 0.216 e. The van der Waals surface area contributed by atoms with Crippen LogP contribution >= 0.6 is 0 Å². The Morgan fingerprint density at radius 2 is 1.67 bits per heavy atom. The van der Waals surface area contributed by atoms with E-state index in [4.69, 9.17) is 4.42 Å². The molecular weight excluding hydrogens is 659 g/mol. The number of hydrogen-bond acceptors (Lipinski definition) is 4. The molecule has 0 aliphatic heterocycles. The minimum atomic E-state index is 0. The standard InChI is InChI=1S/C22H21N2O.C12H10N.Ir/c1-14-8-9-17-16-6-5-7-18(20(16)25-21(17)24-14)19-12-15(10-11-23-19)13-22(2,3)4;1-10-7-8-12(13-9-10)11-5-3-2-4-6-11;/h5-6,8-12H,13H2,1-4H3;2-5,7-9H,1H3;/q2*-1;. The fourth-order valence-corrected chi connectivity index (χ4v) is 4.42. The normalized spacial score (nSPS) is 11.1. The Kier molecular flexibility index (Phi) is 8.74. The summed E-state index contributed by atoms with van der Waals surface area (Å²) in [6.45, 7) is 10.7. The second-order valence-corrected chi connectivity index (χ2v) is 10.8. The van der Waals surface area contributed by atoms with Crippen LogP contribution in [0.1, 0.15) is 37.6 Å². The van der Waals surface area contributed by atoms with Gasteiger partial charge in [0.1, 0.15) is 0 Å². The van der Waals surface area contributed by atoms with Gasteiger partial charge in [0, 0.05) is 43.6 Å². The van der Waals surface area contributed by atoms with Crippen LogP contribution in [-0.4, -0.2) is 15.0 Å². The van der Waals surface area contributed by atoms with Crippen molar-refractivity contribution in [2.45, 2.75) is 41.0 Å². The van der Waals surface area contributed by atoms with Crippen molar-refractivity contribution in [1.29, 1.82) is 0 Å². The zero-order chi connectivity index (χ0) is 26.7. The van der Waals surface area contributed by atoms with Gasteiger partial charge in [0.25, 0.3) is 0 Å². The zero-order valence-electron chi connectivity index (χ0n) is 22.9. The second kappa shape index (κ2) is 12.0. The van der Waals surface area contributed by atoms with Crippen LogP contribution in [-0.2, 0) is 26.5 Å². The Hall–Kier alpha value is -3.66. The summed E-state index contributed by atoms with van der Waals surface area (Å²) >= 11 is 0. The molecule has 199 valence electrons. The summed E-state index contributed by atoms with van der Waals surface area (Å²) in [5.74, 6) is 0. The molecule has 0 saturated carbocycles. The molecule has 0 saturated heterocycles. The van der Waals surface area contributed by atoms with E-state index in [9.17, 15) is 0 Å². The number of furan rings is 1. The van der Waals surface area contributed by atoms with E-state index in [2.05, 4.69) is 72.1 Å². The molecule has 0 bridgehead atoms. The molecule has 0 aliphatic rings. The van der Waals surface area contributed by atoms with Crippen molar-refractivity contribution in [1.82, 2.24) is 15.0 Å². The van der Waals surface area contributed by atoms with Crippen molar-refractivity contribution >= 4 is 22.1 Å². The quantitative estimate of drug-likeness (QED) is 0.175. The van der Waals surface area contributed by atoms with Gasteiger partial charge in [-0.25, -0.2) is 4.98 Å². The van der Waals surface area contributed by atoms with E-state index in [0.717, 1.165) is 51.0 Å². The van der Waals surface area contributed by atoms with Crippen molar-refractivity contribution in [3.8, 4) is 22.5 Å². The predicted molar refractivity (Wildman–Crippen MR) is 155 cm³/mol. The number of fused-ring (bicyclic) bond motifs is 3. The molecule has 0 unspecified atom stereocenters. The summed E-state index contributed by atoms with van der Waals surface area (Å²) in [7, 11) is 0. The van der Waals surface area contributed by atoms with E-state index in [1.165, 1.54) is 11.1 Å². The number of aryl methyl sites for hydroxylation is 2. The summed E-state index contributed by atoms with van der Waals surface area (Å²) in [5.41, 5.74) is 8.91. The zero-order valence-corrected chi connectivity index (χ0v) is 25.3. The minimum absolute atomic E-state index is 0. The van der Waals surface area contributed by atoms with E-state index in [-0.39, 0.29) is 25.5 Å². The Morgan fingerprint density at radius 3 is 2.38 bits per heavy atom. The van der Waals surface area contributed by atoms with Gasteiger partial charge in [-0.3, -0.25) is 0 Å². The van der Waals surface area contributed by atoms with E-state index < -0.39 is 0 Å². The molecule has 1 radical (unpaired) electrons. The van der Waals surface area contributed by atoms with Crippen LogP contribution < -0.4 is 0 Å². The van der Waals surface area contributed by atoms with Crippen LogP contribution in [0.15, 0.2) is 89.6 Å². The van der Waals surface area contributed by atoms with Gasteiger partial charge in [-0.05, 0) is 60.8 Å². The van der Waals surface area contributed by atoms with Crippen molar-refractivity contribution in [2.75, 3.05) is 0 Å². The van der Waals surface area contributed by atoms with Gasteiger partial charge in [-0.2, -0.15) is 0 Å². The molecule has 5 heteroatoms. The SMILES string of the molecule is Cc1ccc(-c2[c-]cccc2)nc1.Cc1ccc2c(n1)oc1c(-c3cc(CC(C)(C)C)ccn3)[c-]ccc12.[Ir]. The molecule has 4 heterocycles. The molecule has 2 aromatic carbocycles. The van der Waals surface area contributed by atoms with E-state index in [0.29, 0.717) is 5.71 Å². The third-order valence-corrected chi connectivity index (χ3v) is 6.15. The number of aromatic nitrogens is 3. The molecule has 0 atom stereocenters. The molecule has 6 aromatic rings. The van der Waals surface area contributed by atoms with Gasteiger partial charge in [0.2, 0.25) is 5.71 Å². The third kappa shape index (κ3) is 6.86. The molecule has 6 rings (SSSR count). The summed E-state index contributed by atoms with van der Waals surface area (Å²) < 4.78 is 6.08. The van der Waals surface area contributed by atoms with E-state index in [1.54, 1.807) is 0 Å². The Bertz CT molecular complexity index is 1680. The van der Waals surface area contributed by atoms with Crippen LogP contribution in [0.25, 0.3) is 44.6 Å². The van der Waals surface area contributed by atoms with Crippen LogP contribution in [0.4, 0.5) is 0 Å². The summed E-state index contributed by atoms with van der Waals surface area (Å²) in [6, 6.07) is 30.6. The Morgan fingerprint density at radius 1 is 0.821 bits per heavy atom. The predicted octanol–water partition coefficient (Wildman–Crippen LogP) is 8.59. The van der Waals surface area contributed by atoms with Crippen LogP contribution in [0, 0.1) is 31.4 Å². The molecule has 39 heavy (non-hydrogen) atoms. The van der Waals surface area contributed by atoms with E-state index in [1.807, 2.05) is 74.8 Å². The molecule has 0 spiro atoms. The minimum Gasteiger partial charge on any atom is -0.486 e. The maximum atomic E-state index is 6.08. The summed E-state index contributed by atoms with van der Waals surface area (Å²) in [6.07, 6.45) is 4.74. The van der Waals surface area contributed by atoms with Crippen molar-refractivity contribution < 1.29 is 24.5 Å². The third-order valence-electron chi connectivity index (χ3n) is 6.15. The summed E-state index contributed by atoms with van der Waals surface area (Å²) in [4.78, 5) is 13.4. The largest absolute Gasteiger partial charge is 0.486 e. The molecule has 0 N–H and O–H groups in total. The molecule has 4 nitrogen and oxygen atoms in total. The number of pyridine rings is 3. The smallest absolute Gasteiger partial charge is 0.216 e. The molecule has 0 aliphatic carbocycles. The van der Waals surface area contributed by atoms with Gasteiger partial charge in [-0.1, -0.05) is 55.5 Å². The maximum absolute atomic E-state index is 6.08. The fourth-order valence-electron chi connectivity index (χ4n) is 4.42. The van der Waals surface area contributed by atoms with Crippen molar-refractivity contribution in [2.24, 2.45) is 5.41 Å². The monoisotopic (exact) mass is 690 g/mol. The van der Waals surface area contributed by atoms with Gasteiger partial charge in [-0.15, -0.1) is 54.1 Å². The number of benzene rings is 2. The molecule has 0 amide bonds. The van der Waals surface area contributed by atoms with Gasteiger partial charge in [0.05, 0.1) is 5.58 Å². The van der Waals surface area contributed by atoms with Gasteiger partial charge in [0.15, 0.2) is 0 Å². The first kappa shape index (κ1) is 28.4. The number of rotatable bonds is 3. The average molecular weight is 690 g/mol. The van der Waals surface area contributed by atoms with Gasteiger partial charge >= 0.3 is 0 Å². The van der Waals surface area contributed by atoms with Crippen LogP contribution in [0.5, 0.6) is 0 Å². The molecular formula is C34H31IrN3O-2. The Balaban J connectivity index is 0.000000213. The molecule has 0 fully saturated rings. The summed E-state index contributed by atoms with van der Waals surface area (Å²) in [5, 5.41) is 2.08. The average Bonchev–Trinajstić information content (AvgIpc) is 3.27. The first-order chi connectivity index (χ1) is 18.3. The van der Waals surface area contributed by atoms with Crippen molar-refractivity contribution in [3.63, 3.8) is 0 Å². The van der Waals surface area contributed by atoms with Crippen molar-refractivity contribution in [3.05, 3.63) is 114 Å².